The predicted octanol–water partition coefficient (Wildman–Crippen LogP) is 4.58. The number of rotatable bonds is 13. The number of anilines is 1. The Balaban J connectivity index is 1.35. The highest BCUT2D eigenvalue weighted by Gasteiger charge is 2.43. The van der Waals surface area contributed by atoms with E-state index in [1.54, 1.807) is 62.7 Å². The molecule has 0 aliphatic heterocycles. The van der Waals surface area contributed by atoms with Crippen molar-refractivity contribution < 1.29 is 37.5 Å². The van der Waals surface area contributed by atoms with Crippen molar-refractivity contribution >= 4 is 29.2 Å². The number of aromatic nitrogens is 5. The number of nitrogens with one attached hydrogen (secondary N) is 1. The Morgan fingerprint density at radius 1 is 1.20 bits per heavy atom. The molecule has 264 valence electrons. The Bertz CT molecular complexity index is 2050. The van der Waals surface area contributed by atoms with Crippen LogP contribution < -0.4 is 14.8 Å². The van der Waals surface area contributed by atoms with E-state index in [0.29, 0.717) is 21.8 Å². The molecule has 51 heavy (non-hydrogen) atoms. The molecule has 0 aliphatic carbocycles. The van der Waals surface area contributed by atoms with E-state index >= 15 is 4.39 Å². The van der Waals surface area contributed by atoms with Crippen LogP contribution in [0, 0.1) is 23.0 Å². The first-order valence-electron chi connectivity index (χ1n) is 15.7. The molecule has 0 saturated carbocycles. The van der Waals surface area contributed by atoms with Gasteiger partial charge in [-0.25, -0.2) is 23.5 Å². The molecule has 16 heteroatoms. The van der Waals surface area contributed by atoms with Crippen molar-refractivity contribution in [2.45, 2.75) is 44.7 Å². The van der Waals surface area contributed by atoms with Crippen LogP contribution in [0.25, 0.3) is 11.3 Å². The van der Waals surface area contributed by atoms with E-state index in [1.807, 2.05) is 0 Å². The lowest BCUT2D eigenvalue weighted by atomic mass is 9.82. The summed E-state index contributed by atoms with van der Waals surface area (Å²) in [7, 11) is 3.08. The van der Waals surface area contributed by atoms with Gasteiger partial charge in [0.15, 0.2) is 0 Å². The number of hydrogen-bond donors (Lipinski definition) is 2. The number of carbonyl (C=O) groups excluding carboxylic acids is 2. The number of nitriles is 1. The predicted molar refractivity (Wildman–Crippen MR) is 181 cm³/mol. The van der Waals surface area contributed by atoms with E-state index in [9.17, 15) is 19.1 Å². The quantitative estimate of drug-likeness (QED) is 0.130. The lowest BCUT2D eigenvalue weighted by Crippen LogP contribution is -2.42. The van der Waals surface area contributed by atoms with Crippen LogP contribution in [0.2, 0.25) is 0 Å². The molecule has 0 spiro atoms. The molecule has 0 fully saturated rings. The maximum atomic E-state index is 15.3. The zero-order valence-corrected chi connectivity index (χ0v) is 29.0. The van der Waals surface area contributed by atoms with Crippen molar-refractivity contribution in [3.8, 4) is 17.3 Å². The van der Waals surface area contributed by atoms with Crippen molar-refractivity contribution in [2.24, 2.45) is 0 Å². The maximum Gasteiger partial charge on any atom is 0.418 e. The van der Waals surface area contributed by atoms with E-state index in [2.05, 4.69) is 21.5 Å². The lowest BCUT2D eigenvalue weighted by Gasteiger charge is -2.32. The minimum atomic E-state index is -2.04. The number of pyridine rings is 1. The van der Waals surface area contributed by atoms with Crippen molar-refractivity contribution in [1.82, 2.24) is 25.1 Å². The van der Waals surface area contributed by atoms with Crippen molar-refractivity contribution in [3.63, 3.8) is 0 Å². The number of ether oxygens (including phenoxy) is 2. The number of carbonyl (C=O) groups is 2. The summed E-state index contributed by atoms with van der Waals surface area (Å²) in [4.78, 5) is 35.1. The van der Waals surface area contributed by atoms with E-state index in [4.69, 9.17) is 19.7 Å². The number of aliphatic hydroxyl groups is 1. The first kappa shape index (κ1) is 36.6. The number of nitrogens with zero attached hydrogens (tertiary/aromatic N) is 7. The first-order chi connectivity index (χ1) is 24.4. The van der Waals surface area contributed by atoms with Gasteiger partial charge >= 0.3 is 12.1 Å². The summed E-state index contributed by atoms with van der Waals surface area (Å²) >= 11 is 1.25. The van der Waals surface area contributed by atoms with Gasteiger partial charge in [0.2, 0.25) is 12.6 Å². The number of hydrogen-bond acceptors (Lipinski definition) is 11. The second-order valence-electron chi connectivity index (χ2n) is 11.6. The average molecular weight is 718 g/mol. The smallest absolute Gasteiger partial charge is 0.418 e. The second kappa shape index (κ2) is 15.9. The van der Waals surface area contributed by atoms with E-state index in [1.165, 1.54) is 51.4 Å². The lowest BCUT2D eigenvalue weighted by molar-refractivity contribution is -0.753. The highest BCUT2D eigenvalue weighted by molar-refractivity contribution is 7.10. The van der Waals surface area contributed by atoms with Gasteiger partial charge in [-0.2, -0.15) is 9.83 Å². The molecule has 3 atom stereocenters. The molecule has 0 saturated heterocycles. The van der Waals surface area contributed by atoms with Crippen LogP contribution in [-0.4, -0.2) is 57.6 Å². The molecule has 5 rings (SSSR count). The van der Waals surface area contributed by atoms with Gasteiger partial charge < -0.3 is 19.9 Å². The van der Waals surface area contributed by atoms with Crippen LogP contribution in [0.5, 0.6) is 0 Å². The number of amides is 1. The summed E-state index contributed by atoms with van der Waals surface area (Å²) in [6.07, 6.45) is 2.65. The Morgan fingerprint density at radius 2 is 1.96 bits per heavy atom. The van der Waals surface area contributed by atoms with Crippen LogP contribution in [0.4, 0.5) is 19.4 Å². The Morgan fingerprint density at radius 3 is 2.69 bits per heavy atom. The number of esters is 1. The topological polar surface area (TPSA) is 159 Å². The van der Waals surface area contributed by atoms with E-state index in [-0.39, 0.29) is 31.1 Å². The summed E-state index contributed by atoms with van der Waals surface area (Å²) in [5.41, 5.74) is 0.000750. The van der Waals surface area contributed by atoms with E-state index in [0.717, 1.165) is 23.8 Å². The van der Waals surface area contributed by atoms with Crippen molar-refractivity contribution in [1.29, 1.82) is 5.26 Å². The van der Waals surface area contributed by atoms with Crippen LogP contribution in [0.15, 0.2) is 78.8 Å². The maximum absolute atomic E-state index is 15.3. The molecule has 2 N–H and O–H groups in total. The fraction of sp³-hybridized carbons (Fsp3) is 0.286. The van der Waals surface area contributed by atoms with Gasteiger partial charge in [0.1, 0.15) is 36.2 Å². The molecule has 0 radical (unpaired) electrons. The summed E-state index contributed by atoms with van der Waals surface area (Å²) in [6, 6.07) is 15.1. The Kier molecular flexibility index (Phi) is 11.4. The van der Waals surface area contributed by atoms with Crippen molar-refractivity contribution in [3.05, 3.63) is 112 Å². The molecular formula is C35H35F2N8O5S+. The number of benzene rings is 2. The molecule has 1 amide bonds. The van der Waals surface area contributed by atoms with Gasteiger partial charge in [0.25, 0.3) is 6.33 Å². The number of likely N-dealkylation sites (N-methyl/N-ethyl adjacent to an activating group) is 1. The summed E-state index contributed by atoms with van der Waals surface area (Å²) in [5, 5.41) is 30.6. The summed E-state index contributed by atoms with van der Waals surface area (Å²) in [5.74, 6) is -2.64. The molecular weight excluding hydrogens is 682 g/mol. The molecule has 13 nitrogen and oxygen atoms in total. The third-order valence-electron chi connectivity index (χ3n) is 8.18. The second-order valence-corrected chi connectivity index (χ2v) is 12.5. The van der Waals surface area contributed by atoms with Crippen LogP contribution in [-0.2, 0) is 33.0 Å². The molecule has 3 heterocycles. The highest BCUT2D eigenvalue weighted by atomic mass is 32.1. The fourth-order valence-electron chi connectivity index (χ4n) is 5.25. The van der Waals surface area contributed by atoms with Gasteiger partial charge in [0.05, 0.1) is 28.9 Å². The number of halogens is 2. The third-order valence-corrected chi connectivity index (χ3v) is 9.20. The highest BCUT2D eigenvalue weighted by Crippen LogP contribution is 2.41. The molecule has 0 bridgehead atoms. The van der Waals surface area contributed by atoms with Crippen LogP contribution in [0.3, 0.4) is 0 Å². The normalized spacial score (nSPS) is 13.5. The van der Waals surface area contributed by atoms with Gasteiger partial charge in [-0.3, -0.25) is 9.69 Å². The zero-order chi connectivity index (χ0) is 36.7. The van der Waals surface area contributed by atoms with E-state index < -0.39 is 41.4 Å². The Hall–Kier alpha value is -5.63. The average Bonchev–Trinajstić information content (AvgIpc) is 3.82. The molecule has 1 unspecified atom stereocenters. The van der Waals surface area contributed by atoms with Gasteiger partial charge in [0, 0.05) is 53.3 Å². The van der Waals surface area contributed by atoms with Gasteiger partial charge in [-0.1, -0.05) is 25.1 Å². The molecule has 3 aromatic heterocycles. The van der Waals surface area contributed by atoms with Crippen molar-refractivity contribution in [2.75, 3.05) is 25.5 Å². The zero-order valence-electron chi connectivity index (χ0n) is 28.2. The standard InChI is InChI=1S/C35H35F2N8O5S/c1-22(33-42-30(18-51-33)25-9-7-24(15-38)8-10-25)35(48,28-14-27(36)11-12-29(28)37)19-45-21-44(20-41-45)23(2)50-34(47)43(4)32-26(6-5-13-40-32)17-49-31(46)16-39-3/h5-14,18,20-23,39,48H,16-17,19H2,1-4H3/q+1/t22-,23?,35-/m1/s1. The van der Waals surface area contributed by atoms with Gasteiger partial charge in [-0.05, 0) is 43.4 Å². The number of thiazole rings is 1. The molecule has 2 aromatic carbocycles. The summed E-state index contributed by atoms with van der Waals surface area (Å²) < 4.78 is 43.5. The van der Waals surface area contributed by atoms with Crippen LogP contribution in [0.1, 0.15) is 47.7 Å². The molecule has 0 aliphatic rings. The van der Waals surface area contributed by atoms with Gasteiger partial charge in [-0.15, -0.1) is 16.0 Å². The van der Waals surface area contributed by atoms with Crippen LogP contribution >= 0.6 is 11.3 Å². The third kappa shape index (κ3) is 8.40. The first-order valence-corrected chi connectivity index (χ1v) is 16.6. The molecule has 5 aromatic rings. The minimum Gasteiger partial charge on any atom is -0.460 e. The summed E-state index contributed by atoms with van der Waals surface area (Å²) in [6.45, 7) is 2.85. The minimum absolute atomic E-state index is 0.0229. The SMILES string of the molecule is CNCC(=O)OCc1cccnc1N(C)C(=O)OC(C)[n+]1cnn(C[C@](O)(c2cc(F)ccc2F)[C@H](C)c2nc(-c3ccc(C#N)cc3)cs2)c1. The Labute approximate surface area is 296 Å². The largest absolute Gasteiger partial charge is 0.460 e. The fourth-order valence-corrected chi connectivity index (χ4v) is 6.22. The monoisotopic (exact) mass is 717 g/mol.